The van der Waals surface area contributed by atoms with E-state index in [-0.39, 0.29) is 12.4 Å². The van der Waals surface area contributed by atoms with Crippen LogP contribution in [0.3, 0.4) is 0 Å². The van der Waals surface area contributed by atoms with Gasteiger partial charge in [0.1, 0.15) is 6.61 Å². The third-order valence-corrected chi connectivity index (χ3v) is 2.44. The number of hydrogen-bond donors (Lipinski definition) is 1. The maximum absolute atomic E-state index is 13.5. The molecule has 94 valence electrons. The zero-order valence-electron chi connectivity index (χ0n) is 9.69. The van der Waals surface area contributed by atoms with E-state index in [4.69, 9.17) is 16.3 Å². The first-order chi connectivity index (χ1) is 8.08. The first-order valence-electron chi connectivity index (χ1n) is 5.09. The number of rotatable bonds is 5. The SMILES string of the molecule is CNCc1cc(F)c(OC/C(C)=C/Cl)c(F)c1. The van der Waals surface area contributed by atoms with E-state index in [1.807, 2.05) is 0 Å². The van der Waals surface area contributed by atoms with Gasteiger partial charge in [0, 0.05) is 12.1 Å². The summed E-state index contributed by atoms with van der Waals surface area (Å²) in [5, 5.41) is 2.82. The predicted octanol–water partition coefficient (Wildman–Crippen LogP) is 3.21. The van der Waals surface area contributed by atoms with Crippen molar-refractivity contribution in [2.45, 2.75) is 13.5 Å². The van der Waals surface area contributed by atoms with Crippen molar-refractivity contribution in [2.24, 2.45) is 0 Å². The molecule has 1 aromatic carbocycles. The van der Waals surface area contributed by atoms with E-state index in [1.54, 1.807) is 14.0 Å². The van der Waals surface area contributed by atoms with Crippen LogP contribution in [0.25, 0.3) is 0 Å². The molecule has 0 heterocycles. The summed E-state index contributed by atoms with van der Waals surface area (Å²) in [5.74, 6) is -1.79. The molecule has 1 aromatic rings. The molecule has 0 radical (unpaired) electrons. The summed E-state index contributed by atoms with van der Waals surface area (Å²) in [6.07, 6.45) is 0. The second-order valence-electron chi connectivity index (χ2n) is 3.66. The monoisotopic (exact) mass is 261 g/mol. The van der Waals surface area contributed by atoms with Crippen LogP contribution < -0.4 is 10.1 Å². The molecule has 0 aliphatic heterocycles. The molecule has 0 bridgehead atoms. The molecule has 0 aliphatic carbocycles. The Morgan fingerprint density at radius 3 is 2.47 bits per heavy atom. The van der Waals surface area contributed by atoms with Gasteiger partial charge in [-0.2, -0.15) is 0 Å². The molecule has 1 N–H and O–H groups in total. The van der Waals surface area contributed by atoms with Gasteiger partial charge in [-0.3, -0.25) is 0 Å². The summed E-state index contributed by atoms with van der Waals surface area (Å²) in [7, 11) is 1.70. The van der Waals surface area contributed by atoms with Crippen molar-refractivity contribution in [1.29, 1.82) is 0 Å². The van der Waals surface area contributed by atoms with Crippen LogP contribution in [0.5, 0.6) is 5.75 Å². The van der Waals surface area contributed by atoms with Gasteiger partial charge < -0.3 is 10.1 Å². The largest absolute Gasteiger partial charge is 0.483 e. The summed E-state index contributed by atoms with van der Waals surface area (Å²) in [5.41, 5.74) is 2.52. The van der Waals surface area contributed by atoms with Gasteiger partial charge in [0.15, 0.2) is 17.4 Å². The van der Waals surface area contributed by atoms with Gasteiger partial charge in [-0.15, -0.1) is 0 Å². The van der Waals surface area contributed by atoms with Crippen molar-refractivity contribution < 1.29 is 13.5 Å². The van der Waals surface area contributed by atoms with Crippen molar-refractivity contribution >= 4 is 11.6 Å². The lowest BCUT2D eigenvalue weighted by molar-refractivity contribution is 0.312. The highest BCUT2D eigenvalue weighted by atomic mass is 35.5. The average molecular weight is 262 g/mol. The number of halogens is 3. The number of nitrogens with one attached hydrogen (secondary N) is 1. The number of hydrogen-bond acceptors (Lipinski definition) is 2. The number of ether oxygens (including phenoxy) is 1. The van der Waals surface area contributed by atoms with Crippen LogP contribution in [0.2, 0.25) is 0 Å². The van der Waals surface area contributed by atoms with Crippen molar-refractivity contribution in [3.8, 4) is 5.75 Å². The molecule has 0 saturated heterocycles. The van der Waals surface area contributed by atoms with E-state index >= 15 is 0 Å². The molecule has 17 heavy (non-hydrogen) atoms. The molecular weight excluding hydrogens is 248 g/mol. The quantitative estimate of drug-likeness (QED) is 0.879. The van der Waals surface area contributed by atoms with Crippen LogP contribution in [0, 0.1) is 11.6 Å². The van der Waals surface area contributed by atoms with E-state index in [1.165, 1.54) is 17.7 Å². The molecule has 0 amide bonds. The summed E-state index contributed by atoms with van der Waals surface area (Å²) in [6.45, 7) is 2.16. The minimum atomic E-state index is -0.711. The molecule has 0 saturated carbocycles. The Morgan fingerprint density at radius 2 is 2.00 bits per heavy atom. The third-order valence-electron chi connectivity index (χ3n) is 2.07. The van der Waals surface area contributed by atoms with Crippen LogP contribution in [-0.2, 0) is 6.54 Å². The Bertz CT molecular complexity index is 398. The Balaban J connectivity index is 2.86. The molecular formula is C12H14ClF2NO. The zero-order chi connectivity index (χ0) is 12.8. The molecule has 0 spiro atoms. The Morgan fingerprint density at radius 1 is 1.41 bits per heavy atom. The summed E-state index contributed by atoms with van der Waals surface area (Å²) in [4.78, 5) is 0. The molecule has 5 heteroatoms. The van der Waals surface area contributed by atoms with Crippen molar-refractivity contribution in [1.82, 2.24) is 5.32 Å². The van der Waals surface area contributed by atoms with E-state index in [0.717, 1.165) is 0 Å². The fourth-order valence-electron chi connectivity index (χ4n) is 1.27. The molecule has 1 rings (SSSR count). The Labute approximate surface area is 104 Å². The molecule has 0 aliphatic rings. The Hall–Kier alpha value is -1.13. The van der Waals surface area contributed by atoms with Gasteiger partial charge in [-0.05, 0) is 37.2 Å². The lowest BCUT2D eigenvalue weighted by atomic mass is 10.2. The molecule has 0 fully saturated rings. The van der Waals surface area contributed by atoms with Gasteiger partial charge in [-0.1, -0.05) is 11.6 Å². The van der Waals surface area contributed by atoms with Crippen LogP contribution in [0.15, 0.2) is 23.2 Å². The van der Waals surface area contributed by atoms with E-state index < -0.39 is 11.6 Å². The van der Waals surface area contributed by atoms with Gasteiger partial charge in [0.2, 0.25) is 0 Å². The van der Waals surface area contributed by atoms with Crippen LogP contribution >= 0.6 is 11.6 Å². The van der Waals surface area contributed by atoms with Crippen LogP contribution in [-0.4, -0.2) is 13.7 Å². The first-order valence-corrected chi connectivity index (χ1v) is 5.53. The maximum atomic E-state index is 13.5. The van der Waals surface area contributed by atoms with Gasteiger partial charge >= 0.3 is 0 Å². The highest BCUT2D eigenvalue weighted by Gasteiger charge is 2.12. The lowest BCUT2D eigenvalue weighted by Crippen LogP contribution is -2.08. The second kappa shape index (κ2) is 6.57. The number of benzene rings is 1. The zero-order valence-corrected chi connectivity index (χ0v) is 10.4. The fourth-order valence-corrected chi connectivity index (χ4v) is 1.34. The average Bonchev–Trinajstić information content (AvgIpc) is 2.28. The maximum Gasteiger partial charge on any atom is 0.191 e. The van der Waals surface area contributed by atoms with E-state index in [0.29, 0.717) is 17.7 Å². The minimum Gasteiger partial charge on any atom is -0.483 e. The highest BCUT2D eigenvalue weighted by molar-refractivity contribution is 6.25. The van der Waals surface area contributed by atoms with Gasteiger partial charge in [0.05, 0.1) is 0 Å². The standard InChI is InChI=1S/C12H14ClF2NO/c1-8(5-13)7-17-12-10(14)3-9(6-16-2)4-11(12)15/h3-5,16H,6-7H2,1-2H3/b8-5+. The minimum absolute atomic E-state index is 0.0582. The van der Waals surface area contributed by atoms with Gasteiger partial charge in [-0.25, -0.2) is 8.78 Å². The van der Waals surface area contributed by atoms with E-state index in [9.17, 15) is 8.78 Å². The van der Waals surface area contributed by atoms with Crippen molar-refractivity contribution in [3.05, 3.63) is 40.4 Å². The molecule has 0 atom stereocenters. The van der Waals surface area contributed by atoms with Crippen molar-refractivity contribution in [3.63, 3.8) is 0 Å². The van der Waals surface area contributed by atoms with Crippen molar-refractivity contribution in [2.75, 3.05) is 13.7 Å². The van der Waals surface area contributed by atoms with Crippen LogP contribution in [0.1, 0.15) is 12.5 Å². The second-order valence-corrected chi connectivity index (χ2v) is 3.88. The molecule has 0 unspecified atom stereocenters. The topological polar surface area (TPSA) is 21.3 Å². The first kappa shape index (κ1) is 13.9. The molecule has 2 nitrogen and oxygen atoms in total. The Kier molecular flexibility index (Phi) is 5.38. The normalized spacial score (nSPS) is 11.7. The highest BCUT2D eigenvalue weighted by Crippen LogP contribution is 2.23. The summed E-state index contributed by atoms with van der Waals surface area (Å²) >= 11 is 5.43. The van der Waals surface area contributed by atoms with Gasteiger partial charge in [0.25, 0.3) is 0 Å². The smallest absolute Gasteiger partial charge is 0.191 e. The summed E-state index contributed by atoms with van der Waals surface area (Å²) < 4.78 is 32.1. The van der Waals surface area contributed by atoms with Crippen LogP contribution in [0.4, 0.5) is 8.78 Å². The summed E-state index contributed by atoms with van der Waals surface area (Å²) in [6, 6.07) is 2.49. The van der Waals surface area contributed by atoms with E-state index in [2.05, 4.69) is 5.32 Å². The third kappa shape index (κ3) is 3.98. The lowest BCUT2D eigenvalue weighted by Gasteiger charge is -2.10. The molecule has 0 aromatic heterocycles. The fraction of sp³-hybridized carbons (Fsp3) is 0.333. The predicted molar refractivity (Wildman–Crippen MR) is 64.2 cm³/mol.